The second-order valence-electron chi connectivity index (χ2n) is 5.66. The van der Waals surface area contributed by atoms with Gasteiger partial charge in [0, 0.05) is 17.8 Å². The monoisotopic (exact) mass is 420 g/mol. The quantitative estimate of drug-likeness (QED) is 0.309. The van der Waals surface area contributed by atoms with Gasteiger partial charge in [0.1, 0.15) is 17.2 Å². The van der Waals surface area contributed by atoms with Gasteiger partial charge in [-0.3, -0.25) is 10.1 Å². The highest BCUT2D eigenvalue weighted by atomic mass is 35.5. The van der Waals surface area contributed by atoms with E-state index in [0.717, 1.165) is 25.9 Å². The van der Waals surface area contributed by atoms with Gasteiger partial charge in [-0.25, -0.2) is 9.59 Å². The Morgan fingerprint density at radius 2 is 1.90 bits per heavy atom. The smallest absolute Gasteiger partial charge is 0.354 e. The van der Waals surface area contributed by atoms with Crippen molar-refractivity contribution in [2.45, 2.75) is 6.92 Å². The highest BCUT2D eigenvalue weighted by Gasteiger charge is 2.17. The molecule has 0 amide bonds. The summed E-state index contributed by atoms with van der Waals surface area (Å²) in [7, 11) is 2.26. The number of methoxy groups -OCH3 is 2. The van der Waals surface area contributed by atoms with Crippen molar-refractivity contribution in [3.63, 3.8) is 0 Å². The van der Waals surface area contributed by atoms with E-state index in [1.54, 1.807) is 25.1 Å². The second kappa shape index (κ2) is 9.56. The number of non-ortho nitro benzene ring substituents is 1. The number of carbonyl (C=O) groups is 2. The number of esters is 2. The Hall–Kier alpha value is -3.59. The number of rotatable bonds is 7. The average molecular weight is 421 g/mol. The molecule has 0 heterocycles. The highest BCUT2D eigenvalue weighted by molar-refractivity contribution is 6.32. The maximum Gasteiger partial charge on any atom is 0.354 e. The number of nitro groups is 1. The van der Waals surface area contributed by atoms with Crippen LogP contribution in [-0.2, 0) is 19.1 Å². The number of hydrogen-bond donors (Lipinski definition) is 1. The summed E-state index contributed by atoms with van der Waals surface area (Å²) in [6.45, 7) is 1.77. The van der Waals surface area contributed by atoms with Crippen molar-refractivity contribution < 1.29 is 28.7 Å². The predicted molar refractivity (Wildman–Crippen MR) is 105 cm³/mol. The molecule has 1 N–H and O–H groups in total. The molecule has 0 radical (unpaired) electrons. The van der Waals surface area contributed by atoms with Crippen molar-refractivity contribution in [1.29, 1.82) is 0 Å². The van der Waals surface area contributed by atoms with Gasteiger partial charge in [0.2, 0.25) is 0 Å². The Kier molecular flexibility index (Phi) is 7.15. The lowest BCUT2D eigenvalue weighted by Crippen LogP contribution is -2.15. The van der Waals surface area contributed by atoms with E-state index in [1.807, 2.05) is 0 Å². The van der Waals surface area contributed by atoms with Gasteiger partial charge in [0.25, 0.3) is 5.69 Å². The number of nitrogens with one attached hydrogen (secondary N) is 1. The van der Waals surface area contributed by atoms with Crippen LogP contribution in [0.3, 0.4) is 0 Å². The largest absolute Gasteiger partial charge is 0.466 e. The number of aryl methyl sites for hydroxylation is 1. The predicted octanol–water partition coefficient (Wildman–Crippen LogP) is 3.99. The Morgan fingerprint density at radius 3 is 2.48 bits per heavy atom. The molecule has 0 aliphatic heterocycles. The van der Waals surface area contributed by atoms with Crippen LogP contribution in [-0.4, -0.2) is 31.1 Å². The first-order valence-corrected chi connectivity index (χ1v) is 8.50. The van der Waals surface area contributed by atoms with Gasteiger partial charge in [-0.05, 0) is 18.6 Å². The Morgan fingerprint density at radius 1 is 1.17 bits per heavy atom. The molecule has 2 aromatic rings. The van der Waals surface area contributed by atoms with Crippen molar-refractivity contribution in [1.82, 2.24) is 0 Å². The minimum Gasteiger partial charge on any atom is -0.466 e. The van der Waals surface area contributed by atoms with Gasteiger partial charge in [-0.2, -0.15) is 0 Å². The molecular formula is C19H17ClN2O7. The summed E-state index contributed by atoms with van der Waals surface area (Å²) in [5.41, 5.74) is 0.246. The molecule has 2 aromatic carbocycles. The molecule has 0 spiro atoms. The summed E-state index contributed by atoms with van der Waals surface area (Å²) in [6.07, 6.45) is 0.864. The second-order valence-corrected chi connectivity index (χ2v) is 6.07. The zero-order valence-electron chi connectivity index (χ0n) is 15.7. The molecular weight excluding hydrogens is 404 g/mol. The summed E-state index contributed by atoms with van der Waals surface area (Å²) in [4.78, 5) is 34.1. The first-order valence-electron chi connectivity index (χ1n) is 8.12. The van der Waals surface area contributed by atoms with Gasteiger partial charge < -0.3 is 19.5 Å². The Labute approximate surface area is 171 Å². The topological polar surface area (TPSA) is 117 Å². The van der Waals surface area contributed by atoms with Crippen LogP contribution in [0.25, 0.3) is 0 Å². The van der Waals surface area contributed by atoms with E-state index < -0.39 is 16.9 Å². The number of halogens is 1. The number of carbonyl (C=O) groups excluding carboxylic acids is 2. The lowest BCUT2D eigenvalue weighted by molar-refractivity contribution is -0.384. The summed E-state index contributed by atoms with van der Waals surface area (Å²) in [5, 5.41) is 14.2. The molecule has 2 rings (SSSR count). The SMILES string of the molecule is COC(=O)/C=C(/Nc1cc(Oc2c(C)cccc2Cl)cc([N+](=O)[O-])c1)C(=O)OC. The fourth-order valence-electron chi connectivity index (χ4n) is 2.27. The zero-order chi connectivity index (χ0) is 21.6. The van der Waals surface area contributed by atoms with Crippen LogP contribution in [0.15, 0.2) is 48.2 Å². The van der Waals surface area contributed by atoms with E-state index in [2.05, 4.69) is 14.8 Å². The molecule has 0 atom stereocenters. The number of anilines is 1. The van der Waals surface area contributed by atoms with E-state index in [1.165, 1.54) is 18.2 Å². The van der Waals surface area contributed by atoms with Crippen molar-refractivity contribution >= 4 is 34.9 Å². The molecule has 0 fully saturated rings. The van der Waals surface area contributed by atoms with Crippen molar-refractivity contribution in [3.05, 3.63) is 68.9 Å². The summed E-state index contributed by atoms with van der Waals surface area (Å²) >= 11 is 6.14. The average Bonchev–Trinajstić information content (AvgIpc) is 2.69. The van der Waals surface area contributed by atoms with Gasteiger partial charge >= 0.3 is 11.9 Å². The minimum atomic E-state index is -0.869. The fourth-order valence-corrected chi connectivity index (χ4v) is 2.53. The van der Waals surface area contributed by atoms with Crippen LogP contribution in [0.2, 0.25) is 5.02 Å². The van der Waals surface area contributed by atoms with Gasteiger partial charge in [-0.15, -0.1) is 0 Å². The van der Waals surface area contributed by atoms with E-state index in [-0.39, 0.29) is 22.8 Å². The number of ether oxygens (including phenoxy) is 3. The molecule has 0 aliphatic carbocycles. The molecule has 0 unspecified atom stereocenters. The number of nitro benzene ring substituents is 1. The van der Waals surface area contributed by atoms with Crippen molar-refractivity contribution in [2.75, 3.05) is 19.5 Å². The summed E-state index contributed by atoms with van der Waals surface area (Å²) in [5.74, 6) is -1.25. The first kappa shape index (κ1) is 21.7. The number of para-hydroxylation sites is 1. The maximum atomic E-state index is 11.9. The fraction of sp³-hybridized carbons (Fsp3) is 0.158. The van der Waals surface area contributed by atoms with E-state index >= 15 is 0 Å². The van der Waals surface area contributed by atoms with Crippen LogP contribution in [0.5, 0.6) is 11.5 Å². The zero-order valence-corrected chi connectivity index (χ0v) is 16.5. The van der Waals surface area contributed by atoms with Crippen LogP contribution < -0.4 is 10.1 Å². The van der Waals surface area contributed by atoms with E-state index in [0.29, 0.717) is 10.8 Å². The number of benzene rings is 2. The minimum absolute atomic E-state index is 0.0974. The molecule has 0 aliphatic rings. The molecule has 0 saturated carbocycles. The Balaban J connectivity index is 2.47. The van der Waals surface area contributed by atoms with E-state index in [4.69, 9.17) is 16.3 Å². The number of nitrogens with zero attached hydrogens (tertiary/aromatic N) is 1. The number of hydrogen-bond acceptors (Lipinski definition) is 8. The molecule has 0 aromatic heterocycles. The standard InChI is InChI=1S/C19H17ClN2O7/c1-11-5-4-6-15(20)18(11)29-14-8-12(7-13(9-14)22(25)26)21-16(19(24)28-3)10-17(23)27-2/h4-10,21H,1-3H3/b16-10+. The third-order valence-electron chi connectivity index (χ3n) is 3.63. The Bertz CT molecular complexity index is 968. The van der Waals surface area contributed by atoms with Crippen molar-refractivity contribution in [3.8, 4) is 11.5 Å². The maximum absolute atomic E-state index is 11.9. The molecule has 152 valence electrons. The van der Waals surface area contributed by atoms with Crippen molar-refractivity contribution in [2.24, 2.45) is 0 Å². The summed E-state index contributed by atoms with van der Waals surface area (Å²) in [6, 6.07) is 8.91. The molecule has 29 heavy (non-hydrogen) atoms. The third kappa shape index (κ3) is 5.69. The normalized spacial score (nSPS) is 10.8. The van der Waals surface area contributed by atoms with Gasteiger partial charge in [0.15, 0.2) is 0 Å². The lowest BCUT2D eigenvalue weighted by Gasteiger charge is -2.13. The summed E-state index contributed by atoms with van der Waals surface area (Å²) < 4.78 is 14.8. The van der Waals surface area contributed by atoms with Gasteiger partial charge in [0.05, 0.1) is 36.3 Å². The van der Waals surface area contributed by atoms with Gasteiger partial charge in [-0.1, -0.05) is 23.7 Å². The van der Waals surface area contributed by atoms with Crippen LogP contribution in [0.4, 0.5) is 11.4 Å². The molecule has 0 bridgehead atoms. The van der Waals surface area contributed by atoms with E-state index in [9.17, 15) is 19.7 Å². The lowest BCUT2D eigenvalue weighted by atomic mass is 10.2. The van der Waals surface area contributed by atoms with Crippen LogP contribution >= 0.6 is 11.6 Å². The molecule has 0 saturated heterocycles. The van der Waals surface area contributed by atoms with Crippen LogP contribution in [0, 0.1) is 17.0 Å². The highest BCUT2D eigenvalue weighted by Crippen LogP contribution is 2.35. The molecule has 9 nitrogen and oxygen atoms in total. The first-order chi connectivity index (χ1) is 13.7. The third-order valence-corrected chi connectivity index (χ3v) is 3.93. The van der Waals surface area contributed by atoms with Crippen LogP contribution in [0.1, 0.15) is 5.56 Å². The molecule has 10 heteroatoms.